The highest BCUT2D eigenvalue weighted by molar-refractivity contribution is 7.92. The average molecular weight is 586 g/mol. The molecule has 0 aliphatic heterocycles. The van der Waals surface area contributed by atoms with Gasteiger partial charge < -0.3 is 15.0 Å². The van der Waals surface area contributed by atoms with Gasteiger partial charge in [0.1, 0.15) is 18.3 Å². The first-order valence-corrected chi connectivity index (χ1v) is 15.3. The summed E-state index contributed by atoms with van der Waals surface area (Å²) >= 11 is 6.08. The number of rotatable bonds is 14. The second-order valence-corrected chi connectivity index (χ2v) is 11.8. The van der Waals surface area contributed by atoms with Crippen molar-refractivity contribution in [3.63, 3.8) is 0 Å². The van der Waals surface area contributed by atoms with Crippen LogP contribution < -0.4 is 14.4 Å². The molecule has 0 heterocycles. The fourth-order valence-corrected chi connectivity index (χ4v) is 5.18. The van der Waals surface area contributed by atoms with Crippen LogP contribution in [-0.4, -0.2) is 57.6 Å². The Labute approximate surface area is 241 Å². The lowest BCUT2D eigenvalue weighted by molar-refractivity contribution is -0.140. The summed E-state index contributed by atoms with van der Waals surface area (Å²) in [6.45, 7) is 2.12. The van der Waals surface area contributed by atoms with E-state index < -0.39 is 28.5 Å². The van der Waals surface area contributed by atoms with Crippen molar-refractivity contribution in [1.29, 1.82) is 0 Å². The Kier molecular flexibility index (Phi) is 11.4. The molecule has 10 heteroatoms. The molecule has 1 atom stereocenters. The molecule has 1 N–H and O–H groups in total. The first-order chi connectivity index (χ1) is 19.1. The maximum Gasteiger partial charge on any atom is 0.244 e. The Bertz CT molecular complexity index is 1350. The van der Waals surface area contributed by atoms with Crippen LogP contribution in [0.25, 0.3) is 0 Å². The third kappa shape index (κ3) is 8.99. The van der Waals surface area contributed by atoms with Gasteiger partial charge in [0.05, 0.1) is 19.1 Å². The van der Waals surface area contributed by atoms with Gasteiger partial charge in [0.15, 0.2) is 0 Å². The highest BCUT2D eigenvalue weighted by Gasteiger charge is 2.33. The summed E-state index contributed by atoms with van der Waals surface area (Å²) in [7, 11) is -2.33. The lowest BCUT2D eigenvalue weighted by Gasteiger charge is -2.33. The summed E-state index contributed by atoms with van der Waals surface area (Å²) in [5.41, 5.74) is 1.95. The summed E-state index contributed by atoms with van der Waals surface area (Å²) in [5.74, 6) is -0.252. The van der Waals surface area contributed by atoms with Gasteiger partial charge in [-0.05, 0) is 53.9 Å². The van der Waals surface area contributed by atoms with Gasteiger partial charge in [-0.3, -0.25) is 13.9 Å². The van der Waals surface area contributed by atoms with E-state index in [1.165, 1.54) is 12.0 Å². The zero-order chi connectivity index (χ0) is 29.1. The number of halogens is 1. The van der Waals surface area contributed by atoms with Gasteiger partial charge in [-0.1, -0.05) is 67.4 Å². The van der Waals surface area contributed by atoms with Gasteiger partial charge in [0.2, 0.25) is 21.8 Å². The van der Waals surface area contributed by atoms with E-state index in [1.54, 1.807) is 48.5 Å². The van der Waals surface area contributed by atoms with Gasteiger partial charge in [-0.15, -0.1) is 0 Å². The maximum absolute atomic E-state index is 14.0. The number of nitrogens with zero attached hydrogens (tertiary/aromatic N) is 2. The van der Waals surface area contributed by atoms with E-state index in [0.29, 0.717) is 23.0 Å². The molecule has 0 aromatic heterocycles. The zero-order valence-corrected chi connectivity index (χ0v) is 24.6. The van der Waals surface area contributed by atoms with Crippen LogP contribution in [-0.2, 0) is 32.6 Å². The van der Waals surface area contributed by atoms with Crippen molar-refractivity contribution in [2.24, 2.45) is 0 Å². The molecule has 1 unspecified atom stereocenters. The summed E-state index contributed by atoms with van der Waals surface area (Å²) in [5, 5.41) is 3.51. The first-order valence-electron chi connectivity index (χ1n) is 13.1. The number of benzene rings is 3. The molecule has 0 spiro atoms. The number of hydrogen-bond acceptors (Lipinski definition) is 5. The third-order valence-corrected chi connectivity index (χ3v) is 7.80. The molecule has 0 radical (unpaired) electrons. The molecule has 0 aliphatic rings. The van der Waals surface area contributed by atoms with Crippen LogP contribution in [0.3, 0.4) is 0 Å². The number of carbonyl (C=O) groups is 2. The van der Waals surface area contributed by atoms with Gasteiger partial charge in [-0.2, -0.15) is 0 Å². The molecule has 3 rings (SSSR count). The molecule has 2 amide bonds. The topological polar surface area (TPSA) is 96.0 Å². The minimum Gasteiger partial charge on any atom is -0.497 e. The van der Waals surface area contributed by atoms with E-state index in [-0.39, 0.29) is 18.9 Å². The zero-order valence-electron chi connectivity index (χ0n) is 23.0. The normalized spacial score (nSPS) is 11.9. The lowest BCUT2D eigenvalue weighted by atomic mass is 10.0. The molecular weight excluding hydrogens is 550 g/mol. The van der Waals surface area contributed by atoms with Crippen LogP contribution in [0.15, 0.2) is 78.9 Å². The van der Waals surface area contributed by atoms with Crippen LogP contribution in [0, 0.1) is 0 Å². The number of sulfonamides is 1. The minimum absolute atomic E-state index is 0.0922. The Morgan fingerprint density at radius 3 is 2.17 bits per heavy atom. The van der Waals surface area contributed by atoms with Crippen molar-refractivity contribution in [2.75, 3.05) is 30.8 Å². The van der Waals surface area contributed by atoms with Gasteiger partial charge in [0, 0.05) is 24.5 Å². The summed E-state index contributed by atoms with van der Waals surface area (Å²) in [6, 6.07) is 22.0. The van der Waals surface area contributed by atoms with Crippen LogP contribution in [0.2, 0.25) is 5.02 Å². The average Bonchev–Trinajstić information content (AvgIpc) is 2.94. The predicted molar refractivity (Wildman–Crippen MR) is 159 cm³/mol. The van der Waals surface area contributed by atoms with E-state index >= 15 is 0 Å². The van der Waals surface area contributed by atoms with Crippen molar-refractivity contribution < 1.29 is 22.7 Å². The number of methoxy groups -OCH3 is 1. The standard InChI is InChI=1S/C30H36ClN3O5S/c1-4-5-19-32-30(36)28(20-23-9-7-6-8-10-23)33(21-24-11-13-25(31)14-12-24)29(35)22-34(40(3,37)38)26-15-17-27(39-2)18-16-26/h6-18,28H,4-5,19-22H2,1-3H3,(H,32,36). The quantitative estimate of drug-likeness (QED) is 0.277. The van der Waals surface area contributed by atoms with E-state index in [1.807, 2.05) is 37.3 Å². The largest absolute Gasteiger partial charge is 0.497 e. The summed E-state index contributed by atoms with van der Waals surface area (Å²) in [4.78, 5) is 29.0. The molecule has 214 valence electrons. The molecule has 3 aromatic rings. The molecular formula is C30H36ClN3O5S. The highest BCUT2D eigenvalue weighted by Crippen LogP contribution is 2.23. The van der Waals surface area contributed by atoms with Gasteiger partial charge in [0.25, 0.3) is 0 Å². The van der Waals surface area contributed by atoms with Crippen molar-refractivity contribution in [2.45, 2.75) is 38.8 Å². The maximum atomic E-state index is 14.0. The number of anilines is 1. The Morgan fingerprint density at radius 1 is 0.950 bits per heavy atom. The monoisotopic (exact) mass is 585 g/mol. The molecule has 0 saturated carbocycles. The van der Waals surface area contributed by atoms with Crippen LogP contribution in [0.4, 0.5) is 5.69 Å². The number of unbranched alkanes of at least 4 members (excludes halogenated alkanes) is 1. The Balaban J connectivity index is 2.01. The number of ether oxygens (including phenoxy) is 1. The van der Waals surface area contributed by atoms with Crippen molar-refractivity contribution in [1.82, 2.24) is 10.2 Å². The third-order valence-electron chi connectivity index (χ3n) is 6.41. The van der Waals surface area contributed by atoms with E-state index in [9.17, 15) is 18.0 Å². The molecule has 40 heavy (non-hydrogen) atoms. The fraction of sp³-hybridized carbons (Fsp3) is 0.333. The fourth-order valence-electron chi connectivity index (χ4n) is 4.21. The van der Waals surface area contributed by atoms with E-state index in [0.717, 1.165) is 34.5 Å². The van der Waals surface area contributed by atoms with Gasteiger partial charge in [-0.25, -0.2) is 8.42 Å². The van der Waals surface area contributed by atoms with E-state index in [2.05, 4.69) is 5.32 Å². The van der Waals surface area contributed by atoms with Crippen LogP contribution >= 0.6 is 11.6 Å². The molecule has 0 saturated heterocycles. The van der Waals surface area contributed by atoms with Crippen molar-refractivity contribution >= 4 is 39.1 Å². The van der Waals surface area contributed by atoms with Gasteiger partial charge >= 0.3 is 0 Å². The smallest absolute Gasteiger partial charge is 0.244 e. The summed E-state index contributed by atoms with van der Waals surface area (Å²) < 4.78 is 31.9. The Morgan fingerprint density at radius 2 is 1.60 bits per heavy atom. The number of hydrogen-bond donors (Lipinski definition) is 1. The Hall–Kier alpha value is -3.56. The second-order valence-electron chi connectivity index (χ2n) is 9.47. The molecule has 0 fully saturated rings. The molecule has 0 aliphatic carbocycles. The van der Waals surface area contributed by atoms with Crippen LogP contribution in [0.5, 0.6) is 5.75 Å². The molecule has 0 bridgehead atoms. The molecule has 8 nitrogen and oxygen atoms in total. The second kappa shape index (κ2) is 14.7. The van der Waals surface area contributed by atoms with Crippen molar-refractivity contribution in [3.05, 3.63) is 95.0 Å². The SMILES string of the molecule is CCCCNC(=O)C(Cc1ccccc1)N(Cc1ccc(Cl)cc1)C(=O)CN(c1ccc(OC)cc1)S(C)(=O)=O. The highest BCUT2D eigenvalue weighted by atomic mass is 35.5. The van der Waals surface area contributed by atoms with E-state index in [4.69, 9.17) is 16.3 Å². The first kappa shape index (κ1) is 31.0. The summed E-state index contributed by atoms with van der Waals surface area (Å²) in [6.07, 6.45) is 3.02. The molecule has 3 aromatic carbocycles. The number of amides is 2. The number of nitrogens with one attached hydrogen (secondary N) is 1. The van der Waals surface area contributed by atoms with Crippen LogP contribution in [0.1, 0.15) is 30.9 Å². The predicted octanol–water partition coefficient (Wildman–Crippen LogP) is 4.67. The van der Waals surface area contributed by atoms with Crippen molar-refractivity contribution in [3.8, 4) is 5.75 Å². The minimum atomic E-state index is -3.84. The number of carbonyl (C=O) groups excluding carboxylic acids is 2. The lowest BCUT2D eigenvalue weighted by Crippen LogP contribution is -2.53.